The average molecular weight is 175 g/mol. The van der Waals surface area contributed by atoms with Crippen LogP contribution in [0.25, 0.3) is 0 Å². The number of primary amides is 1. The van der Waals surface area contributed by atoms with Crippen molar-refractivity contribution < 1.29 is 14.7 Å². The molecule has 0 saturated carbocycles. The number of nitrogens with one attached hydrogen (secondary N) is 1. The average Bonchev–Trinajstić information content (AvgIpc) is 1.98. The van der Waals surface area contributed by atoms with Gasteiger partial charge in [-0.3, -0.25) is 9.59 Å². The number of aliphatic hydroxyl groups excluding tert-OH is 1. The molecule has 0 aromatic carbocycles. The van der Waals surface area contributed by atoms with Crippen LogP contribution in [0.1, 0.15) is 6.92 Å². The molecule has 0 aliphatic carbocycles. The molecule has 0 fully saturated rings. The highest BCUT2D eigenvalue weighted by Crippen LogP contribution is 1.79. The van der Waals surface area contributed by atoms with Gasteiger partial charge in [0.2, 0.25) is 11.8 Å². The minimum absolute atomic E-state index is 0.199. The molecule has 0 saturated heterocycles. The first kappa shape index (κ1) is 10.9. The fourth-order valence-corrected chi connectivity index (χ4v) is 0.459. The second-order valence-electron chi connectivity index (χ2n) is 2.45. The Bertz CT molecular complexity index is 181. The van der Waals surface area contributed by atoms with Crippen molar-refractivity contribution in [2.24, 2.45) is 11.5 Å². The van der Waals surface area contributed by atoms with Gasteiger partial charge in [0.05, 0.1) is 12.6 Å². The highest BCUT2D eigenvalue weighted by Gasteiger charge is 2.13. The summed E-state index contributed by atoms with van der Waals surface area (Å²) in [6, 6.07) is -0.662. The fraction of sp³-hybridized carbons (Fsp3) is 0.667. The van der Waals surface area contributed by atoms with Crippen molar-refractivity contribution in [2.45, 2.75) is 19.1 Å². The third-order valence-electron chi connectivity index (χ3n) is 1.21. The van der Waals surface area contributed by atoms with E-state index in [0.29, 0.717) is 0 Å². The fourth-order valence-electron chi connectivity index (χ4n) is 0.459. The van der Waals surface area contributed by atoms with Crippen LogP contribution < -0.4 is 16.8 Å². The Morgan fingerprint density at radius 1 is 1.58 bits per heavy atom. The van der Waals surface area contributed by atoms with E-state index < -0.39 is 24.0 Å². The van der Waals surface area contributed by atoms with Crippen LogP contribution in [0, 0.1) is 0 Å². The van der Waals surface area contributed by atoms with Crippen LogP contribution >= 0.6 is 0 Å². The summed E-state index contributed by atoms with van der Waals surface area (Å²) in [7, 11) is 0. The van der Waals surface area contributed by atoms with Crippen LogP contribution in [0.3, 0.4) is 0 Å². The highest BCUT2D eigenvalue weighted by molar-refractivity contribution is 5.83. The van der Waals surface area contributed by atoms with Gasteiger partial charge in [-0.05, 0) is 6.92 Å². The van der Waals surface area contributed by atoms with E-state index in [0.717, 1.165) is 0 Å². The van der Waals surface area contributed by atoms with Gasteiger partial charge in [0.1, 0.15) is 6.10 Å². The Morgan fingerprint density at radius 2 is 2.08 bits per heavy atom. The van der Waals surface area contributed by atoms with Crippen molar-refractivity contribution in [3.63, 3.8) is 0 Å². The number of nitrogens with two attached hydrogens (primary N) is 2. The molecule has 0 aromatic rings. The van der Waals surface area contributed by atoms with E-state index in [4.69, 9.17) is 16.6 Å². The molecule has 6 heteroatoms. The standard InChI is InChI=1S/C6H13N3O3/c1-3(7)6(12)9-2-4(10)5(8)11/h3-4,10H,2,7H2,1H3,(H2,8,11)(H,9,12)/t3-,4?/m0/s1. The number of hydrogen-bond acceptors (Lipinski definition) is 4. The summed E-state index contributed by atoms with van der Waals surface area (Å²) in [5.74, 6) is -1.31. The van der Waals surface area contributed by atoms with E-state index in [2.05, 4.69) is 5.32 Å². The summed E-state index contributed by atoms with van der Waals surface area (Å²) in [5.41, 5.74) is 9.92. The molecule has 2 atom stereocenters. The lowest BCUT2D eigenvalue weighted by Gasteiger charge is -2.09. The van der Waals surface area contributed by atoms with E-state index in [1.807, 2.05) is 0 Å². The summed E-state index contributed by atoms with van der Waals surface area (Å²) in [6.07, 6.45) is -1.35. The van der Waals surface area contributed by atoms with E-state index in [9.17, 15) is 9.59 Å². The molecule has 6 N–H and O–H groups in total. The maximum atomic E-state index is 10.8. The molecule has 2 amide bonds. The van der Waals surface area contributed by atoms with E-state index in [-0.39, 0.29) is 6.54 Å². The Kier molecular flexibility index (Phi) is 4.24. The predicted molar refractivity (Wildman–Crippen MR) is 41.9 cm³/mol. The van der Waals surface area contributed by atoms with Gasteiger partial charge < -0.3 is 21.9 Å². The van der Waals surface area contributed by atoms with Gasteiger partial charge in [-0.25, -0.2) is 0 Å². The van der Waals surface area contributed by atoms with Crippen molar-refractivity contribution in [1.29, 1.82) is 0 Å². The SMILES string of the molecule is C[C@H](N)C(=O)NCC(O)C(N)=O. The summed E-state index contributed by atoms with van der Waals surface area (Å²) in [5, 5.41) is 11.1. The van der Waals surface area contributed by atoms with Gasteiger partial charge in [-0.15, -0.1) is 0 Å². The number of rotatable bonds is 4. The molecule has 0 spiro atoms. The smallest absolute Gasteiger partial charge is 0.248 e. The van der Waals surface area contributed by atoms with Crippen molar-refractivity contribution in [3.05, 3.63) is 0 Å². The number of aliphatic hydroxyl groups is 1. The molecular formula is C6H13N3O3. The first-order valence-corrected chi connectivity index (χ1v) is 3.45. The van der Waals surface area contributed by atoms with E-state index in [1.165, 1.54) is 6.92 Å². The first-order valence-electron chi connectivity index (χ1n) is 3.45. The molecular weight excluding hydrogens is 162 g/mol. The van der Waals surface area contributed by atoms with Gasteiger partial charge in [-0.1, -0.05) is 0 Å². The van der Waals surface area contributed by atoms with Crippen molar-refractivity contribution in [3.8, 4) is 0 Å². The zero-order valence-corrected chi connectivity index (χ0v) is 6.78. The topological polar surface area (TPSA) is 118 Å². The largest absolute Gasteiger partial charge is 0.381 e. The second-order valence-corrected chi connectivity index (χ2v) is 2.45. The van der Waals surface area contributed by atoms with Crippen molar-refractivity contribution >= 4 is 11.8 Å². The van der Waals surface area contributed by atoms with Gasteiger partial charge >= 0.3 is 0 Å². The van der Waals surface area contributed by atoms with Crippen LogP contribution in [-0.4, -0.2) is 35.6 Å². The lowest BCUT2D eigenvalue weighted by molar-refractivity contribution is -0.127. The van der Waals surface area contributed by atoms with Crippen LogP contribution in [0.5, 0.6) is 0 Å². The molecule has 0 bridgehead atoms. The number of carbonyl (C=O) groups excluding carboxylic acids is 2. The Hall–Kier alpha value is -1.14. The quantitative estimate of drug-likeness (QED) is 0.371. The summed E-state index contributed by atoms with van der Waals surface area (Å²) >= 11 is 0. The van der Waals surface area contributed by atoms with Crippen LogP contribution in [0.15, 0.2) is 0 Å². The van der Waals surface area contributed by atoms with Gasteiger partial charge in [0.25, 0.3) is 0 Å². The molecule has 1 unspecified atom stereocenters. The Labute approximate surface area is 69.9 Å². The maximum Gasteiger partial charge on any atom is 0.248 e. The van der Waals surface area contributed by atoms with Crippen molar-refractivity contribution in [2.75, 3.05) is 6.54 Å². The predicted octanol–water partition coefficient (Wildman–Crippen LogP) is -2.70. The van der Waals surface area contributed by atoms with Crippen LogP contribution in [0.2, 0.25) is 0 Å². The summed E-state index contributed by atoms with van der Waals surface area (Å²) < 4.78 is 0. The van der Waals surface area contributed by atoms with E-state index >= 15 is 0 Å². The van der Waals surface area contributed by atoms with Gasteiger partial charge in [0.15, 0.2) is 0 Å². The maximum absolute atomic E-state index is 10.8. The molecule has 6 nitrogen and oxygen atoms in total. The van der Waals surface area contributed by atoms with Crippen LogP contribution in [-0.2, 0) is 9.59 Å². The minimum Gasteiger partial charge on any atom is -0.381 e. The molecule has 0 aromatic heterocycles. The lowest BCUT2D eigenvalue weighted by atomic mass is 10.3. The third kappa shape index (κ3) is 3.89. The molecule has 0 aliphatic rings. The zero-order chi connectivity index (χ0) is 9.72. The van der Waals surface area contributed by atoms with Crippen LogP contribution in [0.4, 0.5) is 0 Å². The molecule has 70 valence electrons. The lowest BCUT2D eigenvalue weighted by Crippen LogP contribution is -2.45. The highest BCUT2D eigenvalue weighted by atomic mass is 16.3. The number of carbonyl (C=O) groups is 2. The monoisotopic (exact) mass is 175 g/mol. The first-order chi connectivity index (χ1) is 5.45. The normalized spacial score (nSPS) is 14.9. The molecule has 0 heterocycles. The second kappa shape index (κ2) is 4.68. The number of hydrogen-bond donors (Lipinski definition) is 4. The molecule has 0 rings (SSSR count). The Morgan fingerprint density at radius 3 is 2.42 bits per heavy atom. The summed E-state index contributed by atoms with van der Waals surface area (Å²) in [6.45, 7) is 1.29. The third-order valence-corrected chi connectivity index (χ3v) is 1.21. The van der Waals surface area contributed by atoms with Crippen molar-refractivity contribution in [1.82, 2.24) is 5.32 Å². The molecule has 0 radical (unpaired) electrons. The minimum atomic E-state index is -1.35. The summed E-state index contributed by atoms with van der Waals surface area (Å²) in [4.78, 5) is 21.0. The van der Waals surface area contributed by atoms with E-state index in [1.54, 1.807) is 0 Å². The molecule has 0 aliphatic heterocycles. The number of amides is 2. The molecule has 12 heavy (non-hydrogen) atoms. The zero-order valence-electron chi connectivity index (χ0n) is 6.78. The van der Waals surface area contributed by atoms with Gasteiger partial charge in [-0.2, -0.15) is 0 Å². The van der Waals surface area contributed by atoms with Gasteiger partial charge in [0, 0.05) is 0 Å². The Balaban J connectivity index is 3.69.